The fourth-order valence-electron chi connectivity index (χ4n) is 2.83. The Hall–Kier alpha value is -1.67. The van der Waals surface area contributed by atoms with Gasteiger partial charge in [-0.05, 0) is 43.7 Å². The van der Waals surface area contributed by atoms with Gasteiger partial charge in [0.15, 0.2) is 5.58 Å². The van der Waals surface area contributed by atoms with Gasteiger partial charge in [0, 0.05) is 12.1 Å². The summed E-state index contributed by atoms with van der Waals surface area (Å²) in [5.74, 6) is -0.0933. The first-order valence-electron chi connectivity index (χ1n) is 7.56. The largest absolute Gasteiger partial charge is 0.424 e. The molecule has 1 heterocycles. The summed E-state index contributed by atoms with van der Waals surface area (Å²) in [4.78, 5) is 4.23. The number of hydrogen-bond donors (Lipinski definition) is 1. The zero-order chi connectivity index (χ0) is 16.4. The van der Waals surface area contributed by atoms with Crippen molar-refractivity contribution in [2.75, 3.05) is 18.2 Å². The van der Waals surface area contributed by atoms with Crippen molar-refractivity contribution < 1.29 is 21.4 Å². The predicted molar refractivity (Wildman–Crippen MR) is 84.1 cm³/mol. The van der Waals surface area contributed by atoms with Crippen LogP contribution in [0.1, 0.15) is 25.7 Å². The molecule has 1 saturated carbocycles. The first-order chi connectivity index (χ1) is 10.9. The van der Waals surface area contributed by atoms with Gasteiger partial charge < -0.3 is 9.73 Å². The molecule has 1 aromatic heterocycles. The van der Waals surface area contributed by atoms with Crippen LogP contribution in [0.15, 0.2) is 22.6 Å². The summed E-state index contributed by atoms with van der Waals surface area (Å²) < 4.78 is 45.6. The highest BCUT2D eigenvalue weighted by molar-refractivity contribution is 7.85. The molecule has 1 fully saturated rings. The Labute approximate surface area is 134 Å². The summed E-state index contributed by atoms with van der Waals surface area (Å²) in [6.07, 6.45) is 4.58. The average molecular weight is 342 g/mol. The summed E-state index contributed by atoms with van der Waals surface area (Å²) in [6, 6.07) is 4.83. The molecule has 8 heteroatoms. The molecule has 0 bridgehead atoms. The molecular formula is C15H19FN2O4S. The summed E-state index contributed by atoms with van der Waals surface area (Å²) >= 11 is 0. The maximum absolute atomic E-state index is 13.1. The van der Waals surface area contributed by atoms with Gasteiger partial charge in [-0.25, -0.2) is 4.39 Å². The van der Waals surface area contributed by atoms with Crippen LogP contribution < -0.4 is 5.32 Å². The van der Waals surface area contributed by atoms with Crippen molar-refractivity contribution in [2.45, 2.75) is 31.7 Å². The van der Waals surface area contributed by atoms with Crippen LogP contribution >= 0.6 is 0 Å². The minimum Gasteiger partial charge on any atom is -0.424 e. The number of aromatic nitrogens is 1. The van der Waals surface area contributed by atoms with Gasteiger partial charge in [0.25, 0.3) is 16.1 Å². The van der Waals surface area contributed by atoms with Crippen LogP contribution in [0.2, 0.25) is 0 Å². The Morgan fingerprint density at radius 2 is 2.09 bits per heavy atom. The standard InChI is InChI=1S/C15H19FN2O4S/c1-23(19,20)21-9-10-2-5-12(6-3-10)17-15-18-13-8-11(16)4-7-14(13)22-15/h4,7-8,10,12H,2-3,5-6,9H2,1H3,(H,17,18). The lowest BCUT2D eigenvalue weighted by molar-refractivity contribution is 0.209. The molecule has 0 atom stereocenters. The molecule has 0 amide bonds. The smallest absolute Gasteiger partial charge is 0.295 e. The van der Waals surface area contributed by atoms with Gasteiger partial charge in [-0.3, -0.25) is 4.18 Å². The van der Waals surface area contributed by atoms with Crippen molar-refractivity contribution in [3.05, 3.63) is 24.0 Å². The van der Waals surface area contributed by atoms with E-state index in [0.717, 1.165) is 31.9 Å². The Morgan fingerprint density at radius 3 is 2.78 bits per heavy atom. The second-order valence-corrected chi connectivity index (χ2v) is 7.63. The highest BCUT2D eigenvalue weighted by Crippen LogP contribution is 2.28. The van der Waals surface area contributed by atoms with E-state index in [-0.39, 0.29) is 24.4 Å². The molecular weight excluding hydrogens is 323 g/mol. The van der Waals surface area contributed by atoms with Crippen LogP contribution in [-0.2, 0) is 14.3 Å². The molecule has 2 aromatic rings. The monoisotopic (exact) mass is 342 g/mol. The zero-order valence-corrected chi connectivity index (χ0v) is 13.6. The molecule has 0 spiro atoms. The third-order valence-electron chi connectivity index (χ3n) is 4.04. The minimum absolute atomic E-state index is 0.211. The lowest BCUT2D eigenvalue weighted by Gasteiger charge is -2.28. The van der Waals surface area contributed by atoms with Gasteiger partial charge in [-0.15, -0.1) is 0 Å². The number of fused-ring (bicyclic) bond motifs is 1. The number of oxazole rings is 1. The van der Waals surface area contributed by atoms with Crippen molar-refractivity contribution in [1.82, 2.24) is 4.98 Å². The van der Waals surface area contributed by atoms with Gasteiger partial charge in [0.1, 0.15) is 11.3 Å². The molecule has 1 aromatic carbocycles. The second kappa shape index (κ2) is 6.45. The van der Waals surface area contributed by atoms with Crippen molar-refractivity contribution in [3.8, 4) is 0 Å². The maximum atomic E-state index is 13.1. The van der Waals surface area contributed by atoms with Crippen molar-refractivity contribution in [3.63, 3.8) is 0 Å². The van der Waals surface area contributed by atoms with Crippen LogP contribution in [0.4, 0.5) is 10.4 Å². The summed E-state index contributed by atoms with van der Waals surface area (Å²) in [7, 11) is -3.38. The van der Waals surface area contributed by atoms with Crippen LogP contribution in [0.25, 0.3) is 11.1 Å². The highest BCUT2D eigenvalue weighted by Gasteiger charge is 2.23. The van der Waals surface area contributed by atoms with E-state index < -0.39 is 10.1 Å². The molecule has 23 heavy (non-hydrogen) atoms. The third-order valence-corrected chi connectivity index (χ3v) is 4.61. The molecule has 1 aliphatic rings. The number of anilines is 1. The quantitative estimate of drug-likeness (QED) is 0.842. The number of halogens is 1. The Kier molecular flexibility index (Phi) is 4.54. The molecule has 1 aliphatic carbocycles. The topological polar surface area (TPSA) is 81.4 Å². The third kappa shape index (κ3) is 4.42. The van der Waals surface area contributed by atoms with Crippen LogP contribution in [0.3, 0.4) is 0 Å². The normalized spacial score (nSPS) is 22.3. The van der Waals surface area contributed by atoms with Gasteiger partial charge >= 0.3 is 0 Å². The molecule has 6 nitrogen and oxygen atoms in total. The zero-order valence-electron chi connectivity index (χ0n) is 12.8. The summed E-state index contributed by atoms with van der Waals surface area (Å²) in [5.41, 5.74) is 1.03. The predicted octanol–water partition coefficient (Wildman–Crippen LogP) is 2.91. The fourth-order valence-corrected chi connectivity index (χ4v) is 3.27. The van der Waals surface area contributed by atoms with E-state index in [1.807, 2.05) is 0 Å². The number of rotatable bonds is 5. The van der Waals surface area contributed by atoms with Gasteiger partial charge in [-0.1, -0.05) is 0 Å². The Morgan fingerprint density at radius 1 is 1.35 bits per heavy atom. The highest BCUT2D eigenvalue weighted by atomic mass is 32.2. The molecule has 0 aliphatic heterocycles. The van der Waals surface area contributed by atoms with E-state index in [2.05, 4.69) is 10.3 Å². The van der Waals surface area contributed by atoms with E-state index in [0.29, 0.717) is 17.1 Å². The molecule has 0 saturated heterocycles. The average Bonchev–Trinajstić information content (AvgIpc) is 2.87. The van der Waals surface area contributed by atoms with Crippen molar-refractivity contribution in [1.29, 1.82) is 0 Å². The lowest BCUT2D eigenvalue weighted by Crippen LogP contribution is -2.28. The first kappa shape index (κ1) is 16.2. The molecule has 0 radical (unpaired) electrons. The van der Waals surface area contributed by atoms with Gasteiger partial charge in [0.2, 0.25) is 0 Å². The van der Waals surface area contributed by atoms with Crippen molar-refractivity contribution in [2.24, 2.45) is 5.92 Å². The molecule has 1 N–H and O–H groups in total. The van der Waals surface area contributed by atoms with E-state index in [1.165, 1.54) is 12.1 Å². The number of nitrogens with one attached hydrogen (secondary N) is 1. The fraction of sp³-hybridized carbons (Fsp3) is 0.533. The summed E-state index contributed by atoms with van der Waals surface area (Å²) in [5, 5.41) is 3.22. The van der Waals surface area contributed by atoms with Crippen LogP contribution in [0, 0.1) is 11.7 Å². The Balaban J connectivity index is 1.53. The van der Waals surface area contributed by atoms with Crippen molar-refractivity contribution >= 4 is 27.2 Å². The lowest BCUT2D eigenvalue weighted by atomic mass is 9.87. The second-order valence-electron chi connectivity index (χ2n) is 5.98. The number of nitrogens with zero attached hydrogens (tertiary/aromatic N) is 1. The maximum Gasteiger partial charge on any atom is 0.295 e. The van der Waals surface area contributed by atoms with Gasteiger partial charge in [-0.2, -0.15) is 13.4 Å². The number of benzene rings is 1. The van der Waals surface area contributed by atoms with E-state index in [9.17, 15) is 12.8 Å². The van der Waals surface area contributed by atoms with E-state index >= 15 is 0 Å². The van der Waals surface area contributed by atoms with E-state index in [4.69, 9.17) is 8.60 Å². The van der Waals surface area contributed by atoms with Crippen LogP contribution in [-0.4, -0.2) is 32.3 Å². The number of hydrogen-bond acceptors (Lipinski definition) is 6. The van der Waals surface area contributed by atoms with Gasteiger partial charge in [0.05, 0.1) is 12.9 Å². The van der Waals surface area contributed by atoms with Crippen LogP contribution in [0.5, 0.6) is 0 Å². The molecule has 0 unspecified atom stereocenters. The SMILES string of the molecule is CS(=O)(=O)OCC1CCC(Nc2nc3cc(F)ccc3o2)CC1. The van der Waals surface area contributed by atoms with E-state index in [1.54, 1.807) is 6.07 Å². The minimum atomic E-state index is -3.38. The Bertz CT molecular complexity index is 782. The summed E-state index contributed by atoms with van der Waals surface area (Å²) in [6.45, 7) is 0.244. The molecule has 3 rings (SSSR count). The first-order valence-corrected chi connectivity index (χ1v) is 9.38. The molecule has 126 valence electrons.